The van der Waals surface area contributed by atoms with Crippen LogP contribution < -0.4 is 0 Å². The number of H-pyrrole nitrogens is 1. The highest BCUT2D eigenvalue weighted by molar-refractivity contribution is 7.71. The van der Waals surface area contributed by atoms with E-state index in [0.29, 0.717) is 17.0 Å². The molecule has 4 nitrogen and oxygen atoms in total. The van der Waals surface area contributed by atoms with E-state index < -0.39 is 0 Å². The van der Waals surface area contributed by atoms with Crippen LogP contribution in [-0.2, 0) is 6.42 Å². The van der Waals surface area contributed by atoms with Gasteiger partial charge in [0.1, 0.15) is 5.82 Å². The lowest BCUT2D eigenvalue weighted by Crippen LogP contribution is -2.00. The number of aromatic amines is 1. The number of hydrogen-bond donors (Lipinski definition) is 1. The third kappa shape index (κ3) is 3.32. The summed E-state index contributed by atoms with van der Waals surface area (Å²) < 4.78 is 14.9. The van der Waals surface area contributed by atoms with E-state index in [0.717, 1.165) is 10.4 Å². The van der Waals surface area contributed by atoms with E-state index in [1.807, 2.05) is 17.5 Å². The van der Waals surface area contributed by atoms with Gasteiger partial charge >= 0.3 is 0 Å². The summed E-state index contributed by atoms with van der Waals surface area (Å²) in [7, 11) is 0. The molecule has 0 saturated heterocycles. The highest BCUT2D eigenvalue weighted by Crippen LogP contribution is 2.10. The number of nitrogens with zero attached hydrogens (tertiary/aromatic N) is 3. The first kappa shape index (κ1) is 13.8. The van der Waals surface area contributed by atoms with Gasteiger partial charge in [-0.15, -0.1) is 11.3 Å². The van der Waals surface area contributed by atoms with Crippen LogP contribution in [-0.4, -0.2) is 21.1 Å². The molecule has 1 aromatic carbocycles. The van der Waals surface area contributed by atoms with E-state index in [-0.39, 0.29) is 5.82 Å². The Labute approximate surface area is 129 Å². The zero-order valence-corrected chi connectivity index (χ0v) is 12.5. The van der Waals surface area contributed by atoms with Crippen LogP contribution in [0.2, 0.25) is 0 Å². The zero-order chi connectivity index (χ0) is 14.7. The molecule has 0 spiro atoms. The van der Waals surface area contributed by atoms with Crippen molar-refractivity contribution in [3.8, 4) is 0 Å². The summed E-state index contributed by atoms with van der Waals surface area (Å²) in [6, 6.07) is 10.2. The molecule has 3 rings (SSSR count). The average Bonchev–Trinajstić information content (AvgIpc) is 3.10. The summed E-state index contributed by atoms with van der Waals surface area (Å²) in [4.78, 5) is 1.03. The molecule has 0 fully saturated rings. The predicted molar refractivity (Wildman–Crippen MR) is 83.9 cm³/mol. The number of thiophene rings is 1. The summed E-state index contributed by atoms with van der Waals surface area (Å²) in [6.07, 6.45) is 2.26. The van der Waals surface area contributed by atoms with Gasteiger partial charge in [0, 0.05) is 11.3 Å². The average molecular weight is 318 g/mol. The van der Waals surface area contributed by atoms with Crippen LogP contribution in [0.15, 0.2) is 46.9 Å². The van der Waals surface area contributed by atoms with Crippen molar-refractivity contribution in [3.63, 3.8) is 0 Å². The first-order valence-corrected chi connectivity index (χ1v) is 7.50. The lowest BCUT2D eigenvalue weighted by atomic mass is 10.1. The molecule has 0 amide bonds. The Morgan fingerprint density at radius 2 is 2.14 bits per heavy atom. The fourth-order valence-corrected chi connectivity index (χ4v) is 2.60. The van der Waals surface area contributed by atoms with Crippen LogP contribution in [0, 0.1) is 10.6 Å². The molecule has 0 unspecified atom stereocenters. The molecular formula is C14H11FN4S2. The van der Waals surface area contributed by atoms with Gasteiger partial charge in [-0.3, -0.25) is 5.10 Å². The lowest BCUT2D eigenvalue weighted by molar-refractivity contribution is 0.627. The van der Waals surface area contributed by atoms with Crippen LogP contribution >= 0.6 is 23.6 Å². The summed E-state index contributed by atoms with van der Waals surface area (Å²) in [6.45, 7) is 0. The van der Waals surface area contributed by atoms with Gasteiger partial charge in [-0.1, -0.05) is 18.2 Å². The minimum Gasteiger partial charge on any atom is -0.250 e. The minimum atomic E-state index is -0.256. The molecule has 0 radical (unpaired) electrons. The molecule has 7 heteroatoms. The molecule has 1 N–H and O–H groups in total. The van der Waals surface area contributed by atoms with Crippen molar-refractivity contribution in [3.05, 3.63) is 68.6 Å². The molecule has 106 valence electrons. The smallest absolute Gasteiger partial charge is 0.216 e. The Kier molecular flexibility index (Phi) is 4.03. The molecule has 0 saturated carbocycles. The van der Waals surface area contributed by atoms with Crippen LogP contribution in [0.5, 0.6) is 0 Å². The number of rotatable bonds is 4. The van der Waals surface area contributed by atoms with Gasteiger partial charge in [-0.25, -0.2) is 4.39 Å². The van der Waals surface area contributed by atoms with E-state index in [4.69, 9.17) is 12.2 Å². The van der Waals surface area contributed by atoms with Crippen molar-refractivity contribution in [2.24, 2.45) is 5.10 Å². The van der Waals surface area contributed by atoms with Gasteiger partial charge in [-0.05, 0) is 41.4 Å². The number of aromatic nitrogens is 3. The van der Waals surface area contributed by atoms with E-state index in [9.17, 15) is 4.39 Å². The van der Waals surface area contributed by atoms with Gasteiger partial charge in [0.15, 0.2) is 5.82 Å². The molecular weight excluding hydrogens is 307 g/mol. The maximum Gasteiger partial charge on any atom is 0.216 e. The minimum absolute atomic E-state index is 0.256. The maximum absolute atomic E-state index is 12.9. The van der Waals surface area contributed by atoms with Crippen LogP contribution in [0.1, 0.15) is 16.3 Å². The Bertz CT molecular complexity index is 800. The Hall–Kier alpha value is -2.12. The standard InChI is InChI=1S/C14H11FN4S2/c15-11-5-3-10(4-6-11)8-13-17-18-14(20)19(13)16-9-12-2-1-7-21-12/h1-7,9H,8H2,(H,18,20)/b16-9-. The number of halogens is 1. The SMILES string of the molecule is Fc1ccc(Cc2n[nH]c(=S)n2/N=C\c2cccs2)cc1. The van der Waals surface area contributed by atoms with Gasteiger partial charge in [-0.2, -0.15) is 14.9 Å². The monoisotopic (exact) mass is 318 g/mol. The largest absolute Gasteiger partial charge is 0.250 e. The molecule has 2 heterocycles. The van der Waals surface area contributed by atoms with Gasteiger partial charge in [0.05, 0.1) is 6.21 Å². The molecule has 0 aliphatic heterocycles. The molecule has 0 bridgehead atoms. The number of benzene rings is 1. The molecule has 21 heavy (non-hydrogen) atoms. The van der Waals surface area contributed by atoms with Gasteiger partial charge < -0.3 is 0 Å². The Morgan fingerprint density at radius 1 is 1.33 bits per heavy atom. The second kappa shape index (κ2) is 6.11. The normalized spacial score (nSPS) is 11.3. The first-order valence-electron chi connectivity index (χ1n) is 6.21. The van der Waals surface area contributed by atoms with Crippen LogP contribution in [0.4, 0.5) is 4.39 Å². The highest BCUT2D eigenvalue weighted by atomic mass is 32.1. The first-order chi connectivity index (χ1) is 10.2. The van der Waals surface area contributed by atoms with Crippen molar-refractivity contribution < 1.29 is 4.39 Å². The molecule has 0 atom stereocenters. The van der Waals surface area contributed by atoms with Gasteiger partial charge in [0.25, 0.3) is 0 Å². The summed E-state index contributed by atoms with van der Waals surface area (Å²) >= 11 is 6.77. The van der Waals surface area contributed by atoms with Crippen molar-refractivity contribution in [2.45, 2.75) is 6.42 Å². The second-order valence-corrected chi connectivity index (χ2v) is 5.69. The van der Waals surface area contributed by atoms with E-state index in [2.05, 4.69) is 15.3 Å². The van der Waals surface area contributed by atoms with Crippen LogP contribution in [0.3, 0.4) is 0 Å². The van der Waals surface area contributed by atoms with Crippen LogP contribution in [0.25, 0.3) is 0 Å². The topological polar surface area (TPSA) is 46.0 Å². The Balaban J connectivity index is 1.86. The van der Waals surface area contributed by atoms with Gasteiger partial charge in [0.2, 0.25) is 4.77 Å². The molecule has 2 aromatic heterocycles. The maximum atomic E-state index is 12.9. The fourth-order valence-electron chi connectivity index (χ4n) is 1.82. The summed E-state index contributed by atoms with van der Waals surface area (Å²) in [5.41, 5.74) is 0.943. The number of hydrogen-bond acceptors (Lipinski definition) is 4. The Morgan fingerprint density at radius 3 is 2.86 bits per heavy atom. The quantitative estimate of drug-likeness (QED) is 0.590. The summed E-state index contributed by atoms with van der Waals surface area (Å²) in [5.74, 6) is 0.424. The highest BCUT2D eigenvalue weighted by Gasteiger charge is 2.06. The summed E-state index contributed by atoms with van der Waals surface area (Å²) in [5, 5.41) is 13.2. The zero-order valence-electron chi connectivity index (χ0n) is 10.9. The molecule has 3 aromatic rings. The van der Waals surface area contributed by atoms with E-state index in [1.54, 1.807) is 34.4 Å². The second-order valence-electron chi connectivity index (χ2n) is 4.32. The van der Waals surface area contributed by atoms with E-state index in [1.165, 1.54) is 12.1 Å². The van der Waals surface area contributed by atoms with Crippen molar-refractivity contribution in [2.75, 3.05) is 0 Å². The van der Waals surface area contributed by atoms with Crippen molar-refractivity contribution in [1.82, 2.24) is 14.9 Å². The third-order valence-corrected chi connectivity index (χ3v) is 3.91. The molecule has 0 aliphatic carbocycles. The van der Waals surface area contributed by atoms with Crippen molar-refractivity contribution in [1.29, 1.82) is 0 Å². The number of nitrogens with one attached hydrogen (secondary N) is 1. The fraction of sp³-hybridized carbons (Fsp3) is 0.0714. The third-order valence-electron chi connectivity index (χ3n) is 2.84. The van der Waals surface area contributed by atoms with Crippen molar-refractivity contribution >= 4 is 29.8 Å². The lowest BCUT2D eigenvalue weighted by Gasteiger charge is -2.01. The van der Waals surface area contributed by atoms with E-state index >= 15 is 0 Å². The molecule has 0 aliphatic rings. The predicted octanol–water partition coefficient (Wildman–Crippen LogP) is 3.61.